The van der Waals surface area contributed by atoms with Crippen LogP contribution in [-0.2, 0) is 7.05 Å². The maximum Gasteiger partial charge on any atom is 0.274 e. The maximum absolute atomic E-state index is 12.4. The highest BCUT2D eigenvalue weighted by molar-refractivity contribution is 5.92. The number of carbonyl (C=O) groups is 1. The minimum atomic E-state index is -0.232. The molecule has 3 rings (SSSR count). The number of piperazine rings is 1. The van der Waals surface area contributed by atoms with Crippen LogP contribution in [0.1, 0.15) is 10.5 Å². The van der Waals surface area contributed by atoms with E-state index in [1.807, 2.05) is 0 Å². The van der Waals surface area contributed by atoms with Crippen LogP contribution >= 0.6 is 0 Å². The molecule has 22 heavy (non-hydrogen) atoms. The maximum atomic E-state index is 12.4. The van der Waals surface area contributed by atoms with Crippen LogP contribution in [0.4, 0.5) is 5.82 Å². The van der Waals surface area contributed by atoms with Gasteiger partial charge in [0, 0.05) is 51.7 Å². The van der Waals surface area contributed by atoms with Crippen molar-refractivity contribution in [1.82, 2.24) is 24.6 Å². The summed E-state index contributed by atoms with van der Waals surface area (Å²) in [5.41, 5.74) is 0.0547. The lowest BCUT2D eigenvalue weighted by Gasteiger charge is -2.35. The van der Waals surface area contributed by atoms with Crippen molar-refractivity contribution in [3.05, 3.63) is 46.8 Å². The van der Waals surface area contributed by atoms with Crippen LogP contribution < -0.4 is 10.5 Å². The molecule has 0 unspecified atom stereocenters. The number of anilines is 1. The van der Waals surface area contributed by atoms with E-state index in [2.05, 4.69) is 20.0 Å². The predicted octanol–water partition coefficient (Wildman–Crippen LogP) is -0.467. The number of nitrogens with zero attached hydrogens (tertiary/aromatic N) is 6. The number of rotatable bonds is 2. The molecule has 0 radical (unpaired) electrons. The second kappa shape index (κ2) is 5.92. The first kappa shape index (κ1) is 14.2. The highest BCUT2D eigenvalue weighted by atomic mass is 16.2. The van der Waals surface area contributed by atoms with Gasteiger partial charge >= 0.3 is 0 Å². The minimum Gasteiger partial charge on any atom is -0.352 e. The zero-order chi connectivity index (χ0) is 15.5. The molecule has 8 heteroatoms. The molecule has 1 fully saturated rings. The number of amides is 1. The molecule has 0 atom stereocenters. The smallest absolute Gasteiger partial charge is 0.274 e. The molecule has 2 aromatic rings. The Morgan fingerprint density at radius 2 is 1.91 bits per heavy atom. The van der Waals surface area contributed by atoms with Crippen molar-refractivity contribution in [1.29, 1.82) is 0 Å². The second-order valence-corrected chi connectivity index (χ2v) is 5.02. The van der Waals surface area contributed by atoms with Crippen molar-refractivity contribution in [2.24, 2.45) is 7.05 Å². The first-order chi connectivity index (χ1) is 10.6. The normalized spacial score (nSPS) is 15.0. The summed E-state index contributed by atoms with van der Waals surface area (Å²) < 4.78 is 1.17. The van der Waals surface area contributed by atoms with Crippen LogP contribution in [0.3, 0.4) is 0 Å². The third kappa shape index (κ3) is 2.80. The lowest BCUT2D eigenvalue weighted by molar-refractivity contribution is 0.0738. The SMILES string of the molecule is Cn1nc(C(=O)N2CCN(c3cnccn3)CC2)ccc1=O. The van der Waals surface area contributed by atoms with Gasteiger partial charge in [0.15, 0.2) is 0 Å². The van der Waals surface area contributed by atoms with Gasteiger partial charge in [0.25, 0.3) is 11.5 Å². The molecular formula is C14H16N6O2. The van der Waals surface area contributed by atoms with Gasteiger partial charge in [-0.2, -0.15) is 5.10 Å². The molecule has 0 bridgehead atoms. The van der Waals surface area contributed by atoms with E-state index in [0.717, 1.165) is 5.82 Å². The highest BCUT2D eigenvalue weighted by Gasteiger charge is 2.24. The molecule has 1 amide bonds. The first-order valence-electron chi connectivity index (χ1n) is 7.00. The Labute approximate surface area is 127 Å². The van der Waals surface area contributed by atoms with E-state index in [1.54, 1.807) is 23.5 Å². The summed E-state index contributed by atoms with van der Waals surface area (Å²) in [6.07, 6.45) is 5.00. The third-order valence-corrected chi connectivity index (χ3v) is 3.62. The van der Waals surface area contributed by atoms with Gasteiger partial charge < -0.3 is 9.80 Å². The van der Waals surface area contributed by atoms with E-state index in [0.29, 0.717) is 26.2 Å². The number of aromatic nitrogens is 4. The molecule has 0 spiro atoms. The molecule has 1 saturated heterocycles. The quantitative estimate of drug-likeness (QED) is 0.746. The zero-order valence-electron chi connectivity index (χ0n) is 12.2. The summed E-state index contributed by atoms with van der Waals surface area (Å²) in [6.45, 7) is 2.55. The molecule has 0 saturated carbocycles. The molecule has 8 nitrogen and oxygen atoms in total. The standard InChI is InChI=1S/C14H16N6O2/c1-18-13(21)3-2-11(17-18)14(22)20-8-6-19(7-9-20)12-10-15-4-5-16-12/h2-5,10H,6-9H2,1H3. The van der Waals surface area contributed by atoms with E-state index in [4.69, 9.17) is 0 Å². The average molecular weight is 300 g/mol. The van der Waals surface area contributed by atoms with Crippen LogP contribution in [0.5, 0.6) is 0 Å². The topological polar surface area (TPSA) is 84.2 Å². The Morgan fingerprint density at radius 3 is 2.55 bits per heavy atom. The van der Waals surface area contributed by atoms with Crippen LogP contribution in [0.15, 0.2) is 35.5 Å². The largest absolute Gasteiger partial charge is 0.352 e. The first-order valence-corrected chi connectivity index (χ1v) is 7.00. The summed E-state index contributed by atoms with van der Waals surface area (Å²) in [7, 11) is 1.53. The Kier molecular flexibility index (Phi) is 3.82. The van der Waals surface area contributed by atoms with Crippen LogP contribution in [-0.4, -0.2) is 56.7 Å². The van der Waals surface area contributed by atoms with Crippen molar-refractivity contribution < 1.29 is 4.79 Å². The lowest BCUT2D eigenvalue weighted by atomic mass is 10.2. The highest BCUT2D eigenvalue weighted by Crippen LogP contribution is 2.12. The summed E-state index contributed by atoms with van der Waals surface area (Å²) >= 11 is 0. The van der Waals surface area contributed by atoms with Gasteiger partial charge in [0.2, 0.25) is 0 Å². The van der Waals surface area contributed by atoms with Crippen LogP contribution in [0.2, 0.25) is 0 Å². The molecule has 114 valence electrons. The minimum absolute atomic E-state index is 0.158. The predicted molar refractivity (Wildman–Crippen MR) is 79.6 cm³/mol. The van der Waals surface area contributed by atoms with Gasteiger partial charge in [-0.25, -0.2) is 9.67 Å². The van der Waals surface area contributed by atoms with Gasteiger partial charge in [0.1, 0.15) is 11.5 Å². The average Bonchev–Trinajstić information content (AvgIpc) is 2.58. The van der Waals surface area contributed by atoms with Crippen molar-refractivity contribution in [2.45, 2.75) is 0 Å². The van der Waals surface area contributed by atoms with E-state index in [1.165, 1.54) is 23.9 Å². The van der Waals surface area contributed by atoms with Crippen LogP contribution in [0.25, 0.3) is 0 Å². The van der Waals surface area contributed by atoms with E-state index in [9.17, 15) is 9.59 Å². The van der Waals surface area contributed by atoms with Crippen molar-refractivity contribution in [3.63, 3.8) is 0 Å². The van der Waals surface area contributed by atoms with Crippen molar-refractivity contribution >= 4 is 11.7 Å². The summed E-state index contributed by atoms with van der Waals surface area (Å²) in [4.78, 5) is 35.9. The second-order valence-electron chi connectivity index (χ2n) is 5.02. The Hall–Kier alpha value is -2.77. The summed E-state index contributed by atoms with van der Waals surface area (Å²) in [5, 5.41) is 4.00. The number of hydrogen-bond donors (Lipinski definition) is 0. The molecular weight excluding hydrogens is 284 g/mol. The molecule has 0 aromatic carbocycles. The van der Waals surface area contributed by atoms with Crippen molar-refractivity contribution in [3.8, 4) is 0 Å². The van der Waals surface area contributed by atoms with E-state index >= 15 is 0 Å². The van der Waals surface area contributed by atoms with Gasteiger partial charge in [0.05, 0.1) is 6.20 Å². The monoisotopic (exact) mass is 300 g/mol. The zero-order valence-corrected chi connectivity index (χ0v) is 12.2. The summed E-state index contributed by atoms with van der Waals surface area (Å²) in [6, 6.07) is 2.83. The fourth-order valence-corrected chi connectivity index (χ4v) is 2.37. The Bertz CT molecular complexity index is 722. The lowest BCUT2D eigenvalue weighted by Crippen LogP contribution is -2.49. The summed E-state index contributed by atoms with van der Waals surface area (Å²) in [5.74, 6) is 0.657. The third-order valence-electron chi connectivity index (χ3n) is 3.62. The van der Waals surface area contributed by atoms with Gasteiger partial charge in [-0.05, 0) is 6.07 Å². The van der Waals surface area contributed by atoms with Crippen molar-refractivity contribution in [2.75, 3.05) is 31.1 Å². The Morgan fingerprint density at radius 1 is 1.14 bits per heavy atom. The number of carbonyl (C=O) groups excluding carboxylic acids is 1. The van der Waals surface area contributed by atoms with Gasteiger partial charge in [-0.15, -0.1) is 0 Å². The van der Waals surface area contributed by atoms with Gasteiger partial charge in [-0.3, -0.25) is 14.6 Å². The molecule has 0 aliphatic carbocycles. The molecule has 1 aliphatic rings. The molecule has 1 aliphatic heterocycles. The molecule has 0 N–H and O–H groups in total. The molecule has 3 heterocycles. The molecule has 2 aromatic heterocycles. The number of aryl methyl sites for hydroxylation is 1. The number of hydrogen-bond acceptors (Lipinski definition) is 6. The van der Waals surface area contributed by atoms with Gasteiger partial charge in [-0.1, -0.05) is 0 Å². The van der Waals surface area contributed by atoms with E-state index in [-0.39, 0.29) is 17.2 Å². The Balaban J connectivity index is 1.67. The fraction of sp³-hybridized carbons (Fsp3) is 0.357. The van der Waals surface area contributed by atoms with E-state index < -0.39 is 0 Å². The fourth-order valence-electron chi connectivity index (χ4n) is 2.37. The van der Waals surface area contributed by atoms with Crippen LogP contribution in [0, 0.1) is 0 Å².